The highest BCUT2D eigenvalue weighted by molar-refractivity contribution is 5.94. The van der Waals surface area contributed by atoms with E-state index in [0.29, 0.717) is 12.6 Å². The van der Waals surface area contributed by atoms with Crippen LogP contribution in [0.3, 0.4) is 0 Å². The largest absolute Gasteiger partial charge is 0.352 e. The minimum Gasteiger partial charge on any atom is -0.352 e. The van der Waals surface area contributed by atoms with Crippen molar-refractivity contribution in [1.29, 1.82) is 0 Å². The molecular weight excluding hydrogens is 274 g/mol. The smallest absolute Gasteiger partial charge is 0.257 e. The van der Waals surface area contributed by atoms with Crippen LogP contribution in [0.5, 0.6) is 0 Å². The van der Waals surface area contributed by atoms with Crippen LogP contribution in [0.1, 0.15) is 29.6 Å². The zero-order chi connectivity index (χ0) is 13.0. The van der Waals surface area contributed by atoms with Crippen LogP contribution in [-0.4, -0.2) is 25.0 Å². The summed E-state index contributed by atoms with van der Waals surface area (Å²) < 4.78 is 26.6. The van der Waals surface area contributed by atoms with Crippen molar-refractivity contribution in [3.05, 3.63) is 35.4 Å². The van der Waals surface area contributed by atoms with Crippen molar-refractivity contribution < 1.29 is 13.6 Å². The van der Waals surface area contributed by atoms with Crippen LogP contribution >= 0.6 is 12.4 Å². The van der Waals surface area contributed by atoms with E-state index in [9.17, 15) is 13.6 Å². The average Bonchev–Trinajstić information content (AvgIpc) is 2.82. The topological polar surface area (TPSA) is 41.1 Å². The Labute approximate surface area is 117 Å². The number of amides is 1. The van der Waals surface area contributed by atoms with Crippen molar-refractivity contribution in [2.75, 3.05) is 13.1 Å². The summed E-state index contributed by atoms with van der Waals surface area (Å²) in [7, 11) is 0. The van der Waals surface area contributed by atoms with E-state index in [-0.39, 0.29) is 12.4 Å². The van der Waals surface area contributed by atoms with E-state index in [0.717, 1.165) is 37.9 Å². The second-order valence-electron chi connectivity index (χ2n) is 4.43. The fourth-order valence-electron chi connectivity index (χ4n) is 2.17. The van der Waals surface area contributed by atoms with Crippen LogP contribution in [0.2, 0.25) is 0 Å². The maximum atomic E-state index is 13.3. The molecule has 1 aromatic carbocycles. The minimum atomic E-state index is -0.827. The van der Waals surface area contributed by atoms with Crippen molar-refractivity contribution in [3.8, 4) is 0 Å². The number of nitrogens with one attached hydrogen (secondary N) is 2. The van der Waals surface area contributed by atoms with E-state index >= 15 is 0 Å². The van der Waals surface area contributed by atoms with Gasteiger partial charge < -0.3 is 10.6 Å². The molecular formula is C13H17ClF2N2O. The molecule has 1 amide bonds. The monoisotopic (exact) mass is 290 g/mol. The highest BCUT2D eigenvalue weighted by atomic mass is 35.5. The van der Waals surface area contributed by atoms with Gasteiger partial charge in [0.15, 0.2) is 0 Å². The maximum absolute atomic E-state index is 13.3. The Morgan fingerprint density at radius 2 is 2.05 bits per heavy atom. The Morgan fingerprint density at radius 3 is 2.63 bits per heavy atom. The number of carbonyl (C=O) groups excluding carboxylic acids is 1. The van der Waals surface area contributed by atoms with Crippen LogP contribution in [0.25, 0.3) is 0 Å². The first-order valence-electron chi connectivity index (χ1n) is 6.14. The molecule has 0 spiro atoms. The second kappa shape index (κ2) is 7.40. The van der Waals surface area contributed by atoms with Gasteiger partial charge in [-0.05, 0) is 37.9 Å². The van der Waals surface area contributed by atoms with E-state index in [1.807, 2.05) is 0 Å². The molecule has 1 aliphatic heterocycles. The van der Waals surface area contributed by atoms with E-state index in [4.69, 9.17) is 0 Å². The van der Waals surface area contributed by atoms with Gasteiger partial charge in [0.05, 0.1) is 0 Å². The van der Waals surface area contributed by atoms with Gasteiger partial charge in [-0.1, -0.05) is 6.07 Å². The molecule has 0 aromatic heterocycles. The van der Waals surface area contributed by atoms with Gasteiger partial charge in [-0.3, -0.25) is 4.79 Å². The SMILES string of the molecule is Cl.O=C(NCC[C@H]1CCCN1)c1c(F)cccc1F. The highest BCUT2D eigenvalue weighted by Gasteiger charge is 2.18. The summed E-state index contributed by atoms with van der Waals surface area (Å²) in [6.45, 7) is 1.42. The average molecular weight is 291 g/mol. The van der Waals surface area contributed by atoms with Gasteiger partial charge in [0.25, 0.3) is 5.91 Å². The van der Waals surface area contributed by atoms with Crippen LogP contribution in [0.4, 0.5) is 8.78 Å². The number of benzene rings is 1. The third-order valence-corrected chi connectivity index (χ3v) is 3.13. The summed E-state index contributed by atoms with van der Waals surface area (Å²) in [6.07, 6.45) is 3.01. The minimum absolute atomic E-state index is 0. The Hall–Kier alpha value is -1.20. The molecule has 1 atom stereocenters. The molecule has 0 radical (unpaired) electrons. The van der Waals surface area contributed by atoms with Gasteiger partial charge in [0.1, 0.15) is 17.2 Å². The van der Waals surface area contributed by atoms with Gasteiger partial charge in [-0.15, -0.1) is 12.4 Å². The second-order valence-corrected chi connectivity index (χ2v) is 4.43. The van der Waals surface area contributed by atoms with Crippen molar-refractivity contribution in [1.82, 2.24) is 10.6 Å². The molecule has 0 bridgehead atoms. The number of hydrogen-bond donors (Lipinski definition) is 2. The maximum Gasteiger partial charge on any atom is 0.257 e. The molecule has 1 aromatic rings. The van der Waals surface area contributed by atoms with E-state index in [1.165, 1.54) is 6.07 Å². The van der Waals surface area contributed by atoms with Gasteiger partial charge in [-0.25, -0.2) is 8.78 Å². The summed E-state index contributed by atoms with van der Waals surface area (Å²) in [5.74, 6) is -2.35. The third-order valence-electron chi connectivity index (χ3n) is 3.13. The van der Waals surface area contributed by atoms with Crippen molar-refractivity contribution in [2.45, 2.75) is 25.3 Å². The molecule has 1 fully saturated rings. The molecule has 19 heavy (non-hydrogen) atoms. The van der Waals surface area contributed by atoms with E-state index < -0.39 is 23.1 Å². The Bertz CT molecular complexity index is 416. The van der Waals surface area contributed by atoms with Gasteiger partial charge in [0, 0.05) is 12.6 Å². The first-order valence-corrected chi connectivity index (χ1v) is 6.14. The molecule has 1 heterocycles. The highest BCUT2D eigenvalue weighted by Crippen LogP contribution is 2.12. The summed E-state index contributed by atoms with van der Waals surface area (Å²) in [5.41, 5.74) is -0.503. The van der Waals surface area contributed by atoms with Crippen molar-refractivity contribution in [3.63, 3.8) is 0 Å². The van der Waals surface area contributed by atoms with Gasteiger partial charge >= 0.3 is 0 Å². The summed E-state index contributed by atoms with van der Waals surface area (Å²) in [5, 5.41) is 5.84. The standard InChI is InChI=1S/C13H16F2N2O.ClH/c14-10-4-1-5-11(15)12(10)13(18)17-8-6-9-3-2-7-16-9;/h1,4-5,9,16H,2-3,6-8H2,(H,17,18);1H/t9-;/m1./s1. The number of hydrogen-bond acceptors (Lipinski definition) is 2. The number of carbonyl (C=O) groups is 1. The summed E-state index contributed by atoms with van der Waals surface area (Å²) >= 11 is 0. The fraction of sp³-hybridized carbons (Fsp3) is 0.462. The van der Waals surface area contributed by atoms with Crippen LogP contribution in [0.15, 0.2) is 18.2 Å². The van der Waals surface area contributed by atoms with Crippen molar-refractivity contribution >= 4 is 18.3 Å². The number of rotatable bonds is 4. The molecule has 1 saturated heterocycles. The molecule has 0 unspecified atom stereocenters. The lowest BCUT2D eigenvalue weighted by atomic mass is 10.1. The van der Waals surface area contributed by atoms with Crippen molar-refractivity contribution in [2.24, 2.45) is 0 Å². The Kier molecular flexibility index (Phi) is 6.18. The Morgan fingerprint density at radius 1 is 1.37 bits per heavy atom. The van der Waals surface area contributed by atoms with Crippen LogP contribution < -0.4 is 10.6 Å². The van der Waals surface area contributed by atoms with Crippen LogP contribution in [-0.2, 0) is 0 Å². The zero-order valence-electron chi connectivity index (χ0n) is 10.4. The molecule has 3 nitrogen and oxygen atoms in total. The predicted molar refractivity (Wildman–Crippen MR) is 71.6 cm³/mol. The Balaban J connectivity index is 0.00000180. The van der Waals surface area contributed by atoms with Gasteiger partial charge in [-0.2, -0.15) is 0 Å². The predicted octanol–water partition coefficient (Wildman–Crippen LogP) is 2.26. The lowest BCUT2D eigenvalue weighted by molar-refractivity contribution is 0.0944. The zero-order valence-corrected chi connectivity index (χ0v) is 11.2. The lowest BCUT2D eigenvalue weighted by Gasteiger charge is -2.11. The van der Waals surface area contributed by atoms with E-state index in [1.54, 1.807) is 0 Å². The first kappa shape index (κ1) is 15.9. The molecule has 2 N–H and O–H groups in total. The normalized spacial score (nSPS) is 17.9. The molecule has 0 saturated carbocycles. The lowest BCUT2D eigenvalue weighted by Crippen LogP contribution is -2.31. The molecule has 2 rings (SSSR count). The molecule has 0 aliphatic carbocycles. The number of halogens is 3. The molecule has 1 aliphatic rings. The van der Waals surface area contributed by atoms with Gasteiger partial charge in [0.2, 0.25) is 0 Å². The third kappa shape index (κ3) is 4.14. The molecule has 106 valence electrons. The fourth-order valence-corrected chi connectivity index (χ4v) is 2.17. The summed E-state index contributed by atoms with van der Waals surface area (Å²) in [4.78, 5) is 11.6. The quantitative estimate of drug-likeness (QED) is 0.893. The van der Waals surface area contributed by atoms with E-state index in [2.05, 4.69) is 10.6 Å². The van der Waals surface area contributed by atoms with Crippen LogP contribution in [0, 0.1) is 11.6 Å². The first-order chi connectivity index (χ1) is 8.68. The molecule has 6 heteroatoms. The summed E-state index contributed by atoms with van der Waals surface area (Å²) in [6, 6.07) is 3.80.